The number of aryl methyl sites for hydroxylation is 1. The average Bonchev–Trinajstić information content (AvgIpc) is 2.96. The van der Waals surface area contributed by atoms with Crippen LogP contribution in [0.5, 0.6) is 0 Å². The SMILES string of the molecule is C[C@@H]1CCc2sc(C(=O)O[C@H]3CCOC3=O)cc2C1. The molecule has 1 fully saturated rings. The molecule has 1 aromatic rings. The van der Waals surface area contributed by atoms with Crippen molar-refractivity contribution in [2.24, 2.45) is 5.92 Å². The van der Waals surface area contributed by atoms with Crippen LogP contribution in [0.3, 0.4) is 0 Å². The smallest absolute Gasteiger partial charge is 0.349 e. The van der Waals surface area contributed by atoms with Crippen molar-refractivity contribution in [3.05, 3.63) is 21.4 Å². The van der Waals surface area contributed by atoms with Crippen LogP contribution in [-0.4, -0.2) is 24.6 Å². The Morgan fingerprint density at radius 1 is 1.47 bits per heavy atom. The Morgan fingerprint density at radius 3 is 3.05 bits per heavy atom. The maximum absolute atomic E-state index is 12.0. The molecule has 1 aromatic heterocycles. The molecule has 0 aromatic carbocycles. The normalized spacial score (nSPS) is 25.8. The van der Waals surface area contributed by atoms with Gasteiger partial charge in [-0.25, -0.2) is 9.59 Å². The number of carbonyl (C=O) groups excluding carboxylic acids is 2. The summed E-state index contributed by atoms with van der Waals surface area (Å²) in [5.41, 5.74) is 1.27. The summed E-state index contributed by atoms with van der Waals surface area (Å²) in [5, 5.41) is 0. The number of carbonyl (C=O) groups is 2. The van der Waals surface area contributed by atoms with Gasteiger partial charge in [0.25, 0.3) is 0 Å². The van der Waals surface area contributed by atoms with E-state index < -0.39 is 18.0 Å². The first-order chi connectivity index (χ1) is 9.13. The predicted octanol–water partition coefficient (Wildman–Crippen LogP) is 2.35. The number of ether oxygens (including phenoxy) is 2. The van der Waals surface area contributed by atoms with Crippen LogP contribution in [0.1, 0.15) is 39.9 Å². The minimum atomic E-state index is -0.717. The number of hydrogen-bond acceptors (Lipinski definition) is 5. The largest absolute Gasteiger partial charge is 0.463 e. The summed E-state index contributed by atoms with van der Waals surface area (Å²) in [6.07, 6.45) is 3.00. The number of fused-ring (bicyclic) bond motifs is 1. The van der Waals surface area contributed by atoms with E-state index in [-0.39, 0.29) is 0 Å². The van der Waals surface area contributed by atoms with Crippen LogP contribution in [0.15, 0.2) is 6.07 Å². The van der Waals surface area contributed by atoms with Crippen molar-refractivity contribution in [1.29, 1.82) is 0 Å². The van der Waals surface area contributed by atoms with Crippen LogP contribution in [0.2, 0.25) is 0 Å². The van der Waals surface area contributed by atoms with Crippen LogP contribution >= 0.6 is 11.3 Å². The number of esters is 2. The third-order valence-electron chi connectivity index (χ3n) is 3.67. The molecular formula is C14H16O4S. The summed E-state index contributed by atoms with van der Waals surface area (Å²) < 4.78 is 10.00. The second-order valence-corrected chi connectivity index (χ2v) is 6.39. The van der Waals surface area contributed by atoms with Gasteiger partial charge in [-0.05, 0) is 36.8 Å². The zero-order valence-electron chi connectivity index (χ0n) is 10.8. The first kappa shape index (κ1) is 12.7. The van der Waals surface area contributed by atoms with Gasteiger partial charge in [0.2, 0.25) is 6.10 Å². The van der Waals surface area contributed by atoms with Gasteiger partial charge in [-0.3, -0.25) is 0 Å². The lowest BCUT2D eigenvalue weighted by Crippen LogP contribution is -2.22. The lowest BCUT2D eigenvalue weighted by atomic mass is 9.90. The van der Waals surface area contributed by atoms with E-state index in [0.29, 0.717) is 23.8 Å². The second kappa shape index (κ2) is 4.96. The van der Waals surface area contributed by atoms with E-state index in [9.17, 15) is 9.59 Å². The Morgan fingerprint density at radius 2 is 2.32 bits per heavy atom. The van der Waals surface area contributed by atoms with E-state index >= 15 is 0 Å². The molecule has 2 atom stereocenters. The van der Waals surface area contributed by atoms with E-state index in [1.165, 1.54) is 28.2 Å². The fourth-order valence-electron chi connectivity index (χ4n) is 2.58. The van der Waals surface area contributed by atoms with E-state index in [2.05, 4.69) is 6.92 Å². The molecule has 0 saturated carbocycles. The Labute approximate surface area is 115 Å². The van der Waals surface area contributed by atoms with Gasteiger partial charge in [0.05, 0.1) is 6.61 Å². The molecule has 1 aliphatic carbocycles. The van der Waals surface area contributed by atoms with Gasteiger partial charge in [0.1, 0.15) is 4.88 Å². The van der Waals surface area contributed by atoms with Gasteiger partial charge in [-0.1, -0.05) is 6.92 Å². The Bertz CT molecular complexity index is 520. The number of cyclic esters (lactones) is 1. The quantitative estimate of drug-likeness (QED) is 0.780. The standard InChI is InChI=1S/C14H16O4S/c1-8-2-3-11-9(6-8)7-12(19-11)14(16)18-10-4-5-17-13(10)15/h7-8,10H,2-6H2,1H3/t8-,10+/m1/s1. The number of thiophene rings is 1. The van der Waals surface area contributed by atoms with E-state index in [1.807, 2.05) is 6.07 Å². The number of hydrogen-bond donors (Lipinski definition) is 0. The molecule has 0 N–H and O–H groups in total. The first-order valence-corrected chi connectivity index (χ1v) is 7.44. The summed E-state index contributed by atoms with van der Waals surface area (Å²) >= 11 is 1.50. The van der Waals surface area contributed by atoms with Crippen molar-refractivity contribution in [3.8, 4) is 0 Å². The van der Waals surface area contributed by atoms with Gasteiger partial charge >= 0.3 is 11.9 Å². The summed E-state index contributed by atoms with van der Waals surface area (Å²) in [6.45, 7) is 2.57. The molecule has 2 heterocycles. The maximum atomic E-state index is 12.0. The Balaban J connectivity index is 1.72. The molecule has 1 aliphatic heterocycles. The fraction of sp³-hybridized carbons (Fsp3) is 0.571. The molecule has 0 bridgehead atoms. The minimum Gasteiger partial charge on any atom is -0.463 e. The minimum absolute atomic E-state index is 0.342. The summed E-state index contributed by atoms with van der Waals surface area (Å²) in [5.74, 6) is -0.144. The van der Waals surface area contributed by atoms with Gasteiger partial charge in [0.15, 0.2) is 0 Å². The first-order valence-electron chi connectivity index (χ1n) is 6.62. The molecule has 0 spiro atoms. The molecule has 0 amide bonds. The molecule has 1 saturated heterocycles. The van der Waals surface area contributed by atoms with Crippen molar-refractivity contribution in [2.75, 3.05) is 6.61 Å². The van der Waals surface area contributed by atoms with Gasteiger partial charge < -0.3 is 9.47 Å². The molecule has 19 heavy (non-hydrogen) atoms. The average molecular weight is 280 g/mol. The molecule has 5 heteroatoms. The Kier molecular flexibility index (Phi) is 3.31. The molecule has 4 nitrogen and oxygen atoms in total. The van der Waals surface area contributed by atoms with E-state index in [1.54, 1.807) is 0 Å². The Hall–Kier alpha value is -1.36. The molecule has 0 unspecified atom stereocenters. The molecule has 3 rings (SSSR count). The van der Waals surface area contributed by atoms with Crippen LogP contribution in [-0.2, 0) is 27.1 Å². The van der Waals surface area contributed by atoms with Crippen LogP contribution in [0.25, 0.3) is 0 Å². The number of rotatable bonds is 2. The maximum Gasteiger partial charge on any atom is 0.349 e. The third-order valence-corrected chi connectivity index (χ3v) is 4.88. The second-order valence-electron chi connectivity index (χ2n) is 5.26. The van der Waals surface area contributed by atoms with Crippen molar-refractivity contribution in [3.63, 3.8) is 0 Å². The van der Waals surface area contributed by atoms with Crippen LogP contribution in [0.4, 0.5) is 0 Å². The molecule has 102 valence electrons. The summed E-state index contributed by atoms with van der Waals surface area (Å²) in [4.78, 5) is 25.2. The lowest BCUT2D eigenvalue weighted by Gasteiger charge is -2.16. The molecular weight excluding hydrogens is 264 g/mol. The van der Waals surface area contributed by atoms with Crippen molar-refractivity contribution >= 4 is 23.3 Å². The van der Waals surface area contributed by atoms with Gasteiger partial charge in [0, 0.05) is 11.3 Å². The zero-order chi connectivity index (χ0) is 13.4. The highest BCUT2D eigenvalue weighted by Crippen LogP contribution is 2.32. The lowest BCUT2D eigenvalue weighted by molar-refractivity contribution is -0.145. The van der Waals surface area contributed by atoms with Crippen molar-refractivity contribution in [1.82, 2.24) is 0 Å². The monoisotopic (exact) mass is 280 g/mol. The molecule has 0 radical (unpaired) electrons. The summed E-state index contributed by atoms with van der Waals surface area (Å²) in [6, 6.07) is 1.93. The highest BCUT2D eigenvalue weighted by molar-refractivity contribution is 7.14. The van der Waals surface area contributed by atoms with E-state index in [0.717, 1.165) is 12.8 Å². The topological polar surface area (TPSA) is 52.6 Å². The third kappa shape index (κ3) is 2.52. The predicted molar refractivity (Wildman–Crippen MR) is 70.3 cm³/mol. The highest BCUT2D eigenvalue weighted by Gasteiger charge is 2.31. The zero-order valence-corrected chi connectivity index (χ0v) is 11.6. The van der Waals surface area contributed by atoms with Gasteiger partial charge in [-0.15, -0.1) is 11.3 Å². The summed E-state index contributed by atoms with van der Waals surface area (Å²) in [7, 11) is 0. The van der Waals surface area contributed by atoms with E-state index in [4.69, 9.17) is 9.47 Å². The van der Waals surface area contributed by atoms with Crippen LogP contribution in [0, 0.1) is 5.92 Å². The van der Waals surface area contributed by atoms with Gasteiger partial charge in [-0.2, -0.15) is 0 Å². The highest BCUT2D eigenvalue weighted by atomic mass is 32.1. The van der Waals surface area contributed by atoms with Crippen LogP contribution < -0.4 is 0 Å². The van der Waals surface area contributed by atoms with Crippen molar-refractivity contribution in [2.45, 2.75) is 38.7 Å². The molecule has 2 aliphatic rings. The fourth-order valence-corrected chi connectivity index (χ4v) is 3.67. The van der Waals surface area contributed by atoms with Crippen molar-refractivity contribution < 1.29 is 19.1 Å².